The van der Waals surface area contributed by atoms with E-state index in [4.69, 9.17) is 0 Å². The number of para-hydroxylation sites is 1. The zero-order chi connectivity index (χ0) is 24.6. The molecule has 0 saturated carbocycles. The van der Waals surface area contributed by atoms with Gasteiger partial charge in [0.1, 0.15) is 11.9 Å². The van der Waals surface area contributed by atoms with Gasteiger partial charge in [0.25, 0.3) is 5.91 Å². The largest absolute Gasteiger partial charge is 0.348 e. The zero-order valence-corrected chi connectivity index (χ0v) is 19.3. The van der Waals surface area contributed by atoms with Gasteiger partial charge in [0, 0.05) is 30.2 Å². The molecule has 2 amide bonds. The molecule has 0 aliphatic rings. The van der Waals surface area contributed by atoms with E-state index >= 15 is 0 Å². The Morgan fingerprint density at radius 1 is 1.06 bits per heavy atom. The number of thioether (sulfide) groups is 1. The van der Waals surface area contributed by atoms with Gasteiger partial charge >= 0.3 is 0 Å². The molecule has 0 bridgehead atoms. The van der Waals surface area contributed by atoms with Crippen LogP contribution in [0.25, 0.3) is 5.69 Å². The Morgan fingerprint density at radius 3 is 2.66 bits per heavy atom. The maximum absolute atomic E-state index is 13.1. The number of nitriles is 1. The summed E-state index contributed by atoms with van der Waals surface area (Å²) in [7, 11) is 0. The summed E-state index contributed by atoms with van der Waals surface area (Å²) >= 11 is 1.24. The first-order valence-electron chi connectivity index (χ1n) is 10.6. The highest BCUT2D eigenvalue weighted by molar-refractivity contribution is 7.99. The number of carbonyl (C=O) groups is 2. The second kappa shape index (κ2) is 11.1. The fraction of sp³-hybridized carbons (Fsp3) is 0.0769. The summed E-state index contributed by atoms with van der Waals surface area (Å²) in [5, 5.41) is 15.3. The molecule has 4 aromatic rings. The molecule has 1 heterocycles. The van der Waals surface area contributed by atoms with E-state index in [1.165, 1.54) is 23.9 Å². The van der Waals surface area contributed by atoms with E-state index in [1.54, 1.807) is 71.6 Å². The highest BCUT2D eigenvalue weighted by Gasteiger charge is 2.13. The van der Waals surface area contributed by atoms with Crippen molar-refractivity contribution in [1.82, 2.24) is 14.9 Å². The molecule has 3 aromatic carbocycles. The highest BCUT2D eigenvalue weighted by atomic mass is 32.2. The molecule has 4 rings (SSSR count). The normalized spacial score (nSPS) is 10.4. The van der Waals surface area contributed by atoms with Crippen LogP contribution < -0.4 is 10.6 Å². The van der Waals surface area contributed by atoms with Crippen molar-refractivity contribution in [2.75, 3.05) is 11.1 Å². The van der Waals surface area contributed by atoms with Gasteiger partial charge in [-0.25, -0.2) is 9.37 Å². The van der Waals surface area contributed by atoms with Crippen LogP contribution in [0.5, 0.6) is 0 Å². The maximum atomic E-state index is 13.1. The molecule has 0 atom stereocenters. The number of aromatic nitrogens is 2. The SMILES string of the molecule is N#Cc1ccccc1NC(=O)CSc1nccn1-c1cccc(C(=O)NCc2ccc(F)cc2)c1. The van der Waals surface area contributed by atoms with Gasteiger partial charge in [-0.15, -0.1) is 0 Å². The molecule has 1 aromatic heterocycles. The van der Waals surface area contributed by atoms with Crippen molar-refractivity contribution in [1.29, 1.82) is 5.26 Å². The van der Waals surface area contributed by atoms with Crippen molar-refractivity contribution in [2.45, 2.75) is 11.7 Å². The molecule has 7 nitrogen and oxygen atoms in total. The number of hydrogen-bond acceptors (Lipinski definition) is 5. The molecule has 0 aliphatic heterocycles. The van der Waals surface area contributed by atoms with E-state index in [0.29, 0.717) is 22.0 Å². The molecule has 0 saturated heterocycles. The third-order valence-corrected chi connectivity index (χ3v) is 5.98. The van der Waals surface area contributed by atoms with E-state index in [1.807, 2.05) is 6.07 Å². The van der Waals surface area contributed by atoms with Crippen molar-refractivity contribution < 1.29 is 14.0 Å². The van der Waals surface area contributed by atoms with Gasteiger partial charge in [-0.2, -0.15) is 5.26 Å². The Balaban J connectivity index is 1.40. The Morgan fingerprint density at radius 2 is 1.86 bits per heavy atom. The highest BCUT2D eigenvalue weighted by Crippen LogP contribution is 2.22. The topological polar surface area (TPSA) is 99.8 Å². The molecular formula is C26H20FN5O2S. The quantitative estimate of drug-likeness (QED) is 0.357. The summed E-state index contributed by atoms with van der Waals surface area (Å²) in [6.45, 7) is 0.277. The number of nitrogens with one attached hydrogen (secondary N) is 2. The number of halogens is 1. The van der Waals surface area contributed by atoms with Gasteiger partial charge in [0.05, 0.1) is 17.0 Å². The lowest BCUT2D eigenvalue weighted by Gasteiger charge is -2.10. The molecule has 0 fully saturated rings. The Kier molecular flexibility index (Phi) is 7.55. The average molecular weight is 486 g/mol. The lowest BCUT2D eigenvalue weighted by Crippen LogP contribution is -2.22. The summed E-state index contributed by atoms with van der Waals surface area (Å²) < 4.78 is 14.8. The zero-order valence-electron chi connectivity index (χ0n) is 18.4. The molecule has 0 aliphatic carbocycles. The number of amides is 2. The Bertz CT molecular complexity index is 1400. The van der Waals surface area contributed by atoms with E-state index in [-0.39, 0.29) is 29.9 Å². The van der Waals surface area contributed by atoms with Gasteiger partial charge in [0.15, 0.2) is 5.16 Å². The van der Waals surface area contributed by atoms with Crippen LogP contribution >= 0.6 is 11.8 Å². The van der Waals surface area contributed by atoms with Crippen LogP contribution in [0.3, 0.4) is 0 Å². The van der Waals surface area contributed by atoms with Gasteiger partial charge in [-0.05, 0) is 48.0 Å². The number of hydrogen-bond donors (Lipinski definition) is 2. The smallest absolute Gasteiger partial charge is 0.251 e. The molecule has 174 valence electrons. The van der Waals surface area contributed by atoms with E-state index in [0.717, 1.165) is 11.3 Å². The minimum absolute atomic E-state index is 0.0919. The van der Waals surface area contributed by atoms with Crippen LogP contribution in [0, 0.1) is 17.1 Å². The van der Waals surface area contributed by atoms with Crippen molar-refractivity contribution >= 4 is 29.3 Å². The number of imidazole rings is 1. The summed E-state index contributed by atoms with van der Waals surface area (Å²) in [5.41, 5.74) is 2.82. The lowest BCUT2D eigenvalue weighted by molar-refractivity contribution is -0.113. The van der Waals surface area contributed by atoms with Crippen molar-refractivity contribution in [3.63, 3.8) is 0 Å². The van der Waals surface area contributed by atoms with Gasteiger partial charge in [-0.3, -0.25) is 14.2 Å². The molecule has 2 N–H and O–H groups in total. The Hall–Kier alpha value is -4.42. The van der Waals surface area contributed by atoms with Crippen LogP contribution in [0.15, 0.2) is 90.3 Å². The predicted octanol–water partition coefficient (Wildman–Crippen LogP) is 4.54. The second-order valence-electron chi connectivity index (χ2n) is 7.43. The second-order valence-corrected chi connectivity index (χ2v) is 8.38. The standard InChI is InChI=1S/C26H20FN5O2S/c27-21-10-8-18(9-11-21)16-30-25(34)19-5-3-6-22(14-19)32-13-12-29-26(32)35-17-24(33)31-23-7-2-1-4-20(23)15-28/h1-14H,16-17H2,(H,30,34)(H,31,33). The van der Waals surface area contributed by atoms with E-state index in [9.17, 15) is 19.2 Å². The predicted molar refractivity (Wildman–Crippen MR) is 132 cm³/mol. The first-order valence-corrected chi connectivity index (χ1v) is 11.6. The molecule has 0 spiro atoms. The van der Waals surface area contributed by atoms with Crippen molar-refractivity contribution in [2.24, 2.45) is 0 Å². The van der Waals surface area contributed by atoms with Crippen molar-refractivity contribution in [3.05, 3.63) is 108 Å². The fourth-order valence-electron chi connectivity index (χ4n) is 3.28. The third-order valence-electron chi connectivity index (χ3n) is 5.01. The number of rotatable bonds is 8. The van der Waals surface area contributed by atoms with E-state index in [2.05, 4.69) is 21.7 Å². The van der Waals surface area contributed by atoms with Crippen LogP contribution in [-0.4, -0.2) is 27.1 Å². The molecule has 0 unspecified atom stereocenters. The molecule has 9 heteroatoms. The minimum Gasteiger partial charge on any atom is -0.348 e. The summed E-state index contributed by atoms with van der Waals surface area (Å²) in [5.74, 6) is -0.761. The third kappa shape index (κ3) is 6.13. The minimum atomic E-state index is -0.328. The van der Waals surface area contributed by atoms with Crippen LogP contribution in [0.4, 0.5) is 10.1 Å². The monoisotopic (exact) mass is 485 g/mol. The average Bonchev–Trinajstić information content (AvgIpc) is 3.36. The fourth-order valence-corrected chi connectivity index (χ4v) is 4.06. The van der Waals surface area contributed by atoms with Gasteiger partial charge in [-0.1, -0.05) is 42.1 Å². The van der Waals surface area contributed by atoms with Crippen LogP contribution in [0.2, 0.25) is 0 Å². The lowest BCUT2D eigenvalue weighted by atomic mass is 10.1. The summed E-state index contributed by atoms with van der Waals surface area (Å²) in [6, 6.07) is 21.8. The number of nitrogens with zero attached hydrogens (tertiary/aromatic N) is 3. The van der Waals surface area contributed by atoms with Crippen molar-refractivity contribution in [3.8, 4) is 11.8 Å². The van der Waals surface area contributed by atoms with Crippen LogP contribution in [-0.2, 0) is 11.3 Å². The summed E-state index contributed by atoms with van der Waals surface area (Å²) in [6.07, 6.45) is 3.37. The maximum Gasteiger partial charge on any atom is 0.251 e. The van der Waals surface area contributed by atoms with E-state index < -0.39 is 0 Å². The number of carbonyl (C=O) groups excluding carboxylic acids is 2. The first kappa shape index (κ1) is 23.7. The molecular weight excluding hydrogens is 465 g/mol. The first-order chi connectivity index (χ1) is 17.0. The number of benzene rings is 3. The molecule has 35 heavy (non-hydrogen) atoms. The Labute approximate surface area is 205 Å². The summed E-state index contributed by atoms with van der Waals surface area (Å²) in [4.78, 5) is 29.4. The van der Waals surface area contributed by atoms with Gasteiger partial charge < -0.3 is 10.6 Å². The molecule has 0 radical (unpaired) electrons. The van der Waals surface area contributed by atoms with Crippen LogP contribution in [0.1, 0.15) is 21.5 Å². The van der Waals surface area contributed by atoms with Gasteiger partial charge in [0.2, 0.25) is 5.91 Å². The number of anilines is 1.